The molecule has 0 saturated carbocycles. The highest BCUT2D eigenvalue weighted by molar-refractivity contribution is 14.1. The lowest BCUT2D eigenvalue weighted by Crippen LogP contribution is -2.22. The van der Waals surface area contributed by atoms with Crippen LogP contribution in [0.4, 0.5) is 0 Å². The number of hydrogen-bond donors (Lipinski definition) is 0. The number of nitriles is 1. The second kappa shape index (κ2) is 6.19. The maximum absolute atomic E-state index is 9.85. The molecule has 1 aliphatic rings. The quantitative estimate of drug-likeness (QED) is 0.530. The van der Waals surface area contributed by atoms with E-state index in [2.05, 4.69) is 77.2 Å². The summed E-state index contributed by atoms with van der Waals surface area (Å²) < 4.78 is 1.27. The van der Waals surface area contributed by atoms with Crippen molar-refractivity contribution in [3.8, 4) is 6.07 Å². The Labute approximate surface area is 140 Å². The molecule has 0 amide bonds. The smallest absolute Gasteiger partial charge is 0.0693 e. The first-order chi connectivity index (χ1) is 10.2. The van der Waals surface area contributed by atoms with E-state index in [1.807, 2.05) is 0 Å². The highest BCUT2D eigenvalue weighted by atomic mass is 127. The van der Waals surface area contributed by atoms with Gasteiger partial charge in [0.2, 0.25) is 0 Å². The first kappa shape index (κ1) is 14.6. The van der Waals surface area contributed by atoms with Crippen LogP contribution in [0.1, 0.15) is 29.5 Å². The van der Waals surface area contributed by atoms with Crippen molar-refractivity contribution in [3.05, 3.63) is 68.8 Å². The van der Waals surface area contributed by atoms with Gasteiger partial charge in [0.25, 0.3) is 0 Å². The lowest BCUT2D eigenvalue weighted by atomic mass is 9.76. The van der Waals surface area contributed by atoms with Crippen LogP contribution in [0.25, 0.3) is 0 Å². The topological polar surface area (TPSA) is 23.8 Å². The highest BCUT2D eigenvalue weighted by Crippen LogP contribution is 2.37. The van der Waals surface area contributed by atoms with Crippen LogP contribution in [0.15, 0.2) is 48.5 Å². The average molecular weight is 387 g/mol. The summed E-state index contributed by atoms with van der Waals surface area (Å²) in [5.74, 6) is 0. The Kier molecular flexibility index (Phi) is 4.30. The van der Waals surface area contributed by atoms with Gasteiger partial charge < -0.3 is 0 Å². The predicted octanol–water partition coefficient (Wildman–Crippen LogP) is 4.92. The summed E-state index contributed by atoms with van der Waals surface area (Å²) in [5.41, 5.74) is 3.95. The molecule has 0 heterocycles. The minimum absolute atomic E-state index is 0.222. The van der Waals surface area contributed by atoms with Gasteiger partial charge in [0.05, 0.1) is 11.5 Å². The van der Waals surface area contributed by atoms with Crippen molar-refractivity contribution in [2.45, 2.75) is 32.1 Å². The van der Waals surface area contributed by atoms with Crippen LogP contribution in [0.2, 0.25) is 0 Å². The molecule has 2 heteroatoms. The standard InChI is InChI=1S/C19H18IN/c20-18-8-4-3-7-17(18)13-19(14-21)11-9-15-5-1-2-6-16(15)10-12-19/h1-8H,9-13H2. The first-order valence-corrected chi connectivity index (χ1v) is 8.52. The molecule has 2 aromatic rings. The van der Waals surface area contributed by atoms with Gasteiger partial charge in [-0.05, 0) is 77.5 Å². The maximum Gasteiger partial charge on any atom is 0.0693 e. The Morgan fingerprint density at radius 1 is 0.952 bits per heavy atom. The van der Waals surface area contributed by atoms with E-state index in [0.29, 0.717) is 0 Å². The summed E-state index contributed by atoms with van der Waals surface area (Å²) in [6.07, 6.45) is 4.84. The minimum Gasteiger partial charge on any atom is -0.198 e. The zero-order valence-corrected chi connectivity index (χ0v) is 14.1. The van der Waals surface area contributed by atoms with Crippen LogP contribution in [-0.4, -0.2) is 0 Å². The highest BCUT2D eigenvalue weighted by Gasteiger charge is 2.33. The van der Waals surface area contributed by atoms with Gasteiger partial charge in [-0.15, -0.1) is 0 Å². The summed E-state index contributed by atoms with van der Waals surface area (Å²) in [6, 6.07) is 19.8. The number of fused-ring (bicyclic) bond motifs is 1. The molecule has 3 rings (SSSR count). The number of rotatable bonds is 2. The van der Waals surface area contributed by atoms with Gasteiger partial charge in [0.1, 0.15) is 0 Å². The van der Waals surface area contributed by atoms with Crippen molar-refractivity contribution in [2.75, 3.05) is 0 Å². The van der Waals surface area contributed by atoms with E-state index in [9.17, 15) is 5.26 Å². The summed E-state index contributed by atoms with van der Waals surface area (Å²) in [6.45, 7) is 0. The van der Waals surface area contributed by atoms with Crippen LogP contribution in [-0.2, 0) is 19.3 Å². The van der Waals surface area contributed by atoms with Crippen molar-refractivity contribution >= 4 is 22.6 Å². The molecule has 0 bridgehead atoms. The molecule has 0 aliphatic heterocycles. The molecule has 0 atom stereocenters. The molecule has 0 fully saturated rings. The van der Waals surface area contributed by atoms with Crippen molar-refractivity contribution < 1.29 is 0 Å². The fraction of sp³-hybridized carbons (Fsp3) is 0.316. The Bertz CT molecular complexity index is 657. The van der Waals surface area contributed by atoms with E-state index >= 15 is 0 Å². The third-order valence-electron chi connectivity index (χ3n) is 4.59. The van der Waals surface area contributed by atoms with Gasteiger partial charge in [-0.1, -0.05) is 42.5 Å². The Morgan fingerprint density at radius 2 is 1.52 bits per heavy atom. The van der Waals surface area contributed by atoms with Crippen molar-refractivity contribution in [3.63, 3.8) is 0 Å². The van der Waals surface area contributed by atoms with Crippen molar-refractivity contribution in [1.29, 1.82) is 5.26 Å². The van der Waals surface area contributed by atoms with Gasteiger partial charge in [0.15, 0.2) is 0 Å². The summed E-state index contributed by atoms with van der Waals surface area (Å²) in [4.78, 5) is 0. The fourth-order valence-electron chi connectivity index (χ4n) is 3.25. The molecule has 21 heavy (non-hydrogen) atoms. The van der Waals surface area contributed by atoms with Crippen LogP contribution >= 0.6 is 22.6 Å². The third kappa shape index (κ3) is 3.13. The molecule has 0 radical (unpaired) electrons. The fourth-order valence-corrected chi connectivity index (χ4v) is 3.83. The second-order valence-corrected chi connectivity index (χ2v) is 7.09. The zero-order chi connectivity index (χ0) is 14.7. The Hall–Kier alpha value is -1.34. The minimum atomic E-state index is -0.222. The van der Waals surface area contributed by atoms with Crippen LogP contribution in [0.5, 0.6) is 0 Å². The van der Waals surface area contributed by atoms with Crippen LogP contribution < -0.4 is 0 Å². The number of aryl methyl sites for hydroxylation is 2. The molecule has 1 aliphatic carbocycles. The van der Waals surface area contributed by atoms with E-state index in [1.165, 1.54) is 20.3 Å². The SMILES string of the molecule is N#CC1(Cc2ccccc2I)CCc2ccccc2CC1. The number of nitrogens with zero attached hydrogens (tertiary/aromatic N) is 1. The molecule has 0 saturated heterocycles. The lowest BCUT2D eigenvalue weighted by molar-refractivity contribution is 0.341. The third-order valence-corrected chi connectivity index (χ3v) is 5.64. The van der Waals surface area contributed by atoms with E-state index in [-0.39, 0.29) is 5.41 Å². The zero-order valence-electron chi connectivity index (χ0n) is 12.0. The molecular weight excluding hydrogens is 369 g/mol. The van der Waals surface area contributed by atoms with Gasteiger partial charge >= 0.3 is 0 Å². The monoisotopic (exact) mass is 387 g/mol. The van der Waals surface area contributed by atoms with Gasteiger partial charge in [-0.25, -0.2) is 0 Å². The Balaban J connectivity index is 1.86. The van der Waals surface area contributed by atoms with Crippen LogP contribution in [0, 0.1) is 20.3 Å². The molecule has 106 valence electrons. The normalized spacial score (nSPS) is 16.6. The molecule has 0 spiro atoms. The first-order valence-electron chi connectivity index (χ1n) is 7.44. The maximum atomic E-state index is 9.85. The lowest BCUT2D eigenvalue weighted by Gasteiger charge is -2.25. The van der Waals surface area contributed by atoms with E-state index in [0.717, 1.165) is 32.1 Å². The van der Waals surface area contributed by atoms with E-state index in [4.69, 9.17) is 0 Å². The summed E-state index contributed by atoms with van der Waals surface area (Å²) in [5, 5.41) is 9.85. The Morgan fingerprint density at radius 3 is 2.10 bits per heavy atom. The second-order valence-electron chi connectivity index (χ2n) is 5.93. The molecule has 2 aromatic carbocycles. The van der Waals surface area contributed by atoms with E-state index in [1.54, 1.807) is 0 Å². The molecule has 1 nitrogen and oxygen atoms in total. The van der Waals surface area contributed by atoms with Crippen molar-refractivity contribution in [2.24, 2.45) is 5.41 Å². The largest absolute Gasteiger partial charge is 0.198 e. The van der Waals surface area contributed by atoms with E-state index < -0.39 is 0 Å². The van der Waals surface area contributed by atoms with Crippen LogP contribution in [0.3, 0.4) is 0 Å². The predicted molar refractivity (Wildman–Crippen MR) is 94.0 cm³/mol. The number of benzene rings is 2. The van der Waals surface area contributed by atoms with Gasteiger partial charge in [-0.2, -0.15) is 5.26 Å². The molecule has 0 aromatic heterocycles. The number of halogens is 1. The average Bonchev–Trinajstić information content (AvgIpc) is 2.71. The van der Waals surface area contributed by atoms with Gasteiger partial charge in [-0.3, -0.25) is 0 Å². The van der Waals surface area contributed by atoms with Gasteiger partial charge in [0, 0.05) is 3.57 Å². The molecule has 0 N–H and O–H groups in total. The molecular formula is C19H18IN. The molecule has 0 unspecified atom stereocenters. The number of hydrogen-bond acceptors (Lipinski definition) is 1. The van der Waals surface area contributed by atoms with Crippen molar-refractivity contribution in [1.82, 2.24) is 0 Å². The summed E-state index contributed by atoms with van der Waals surface area (Å²) >= 11 is 2.38. The summed E-state index contributed by atoms with van der Waals surface area (Å²) in [7, 11) is 0.